The van der Waals surface area contributed by atoms with Crippen molar-refractivity contribution in [3.05, 3.63) is 23.5 Å². The molecule has 0 spiro atoms. The Morgan fingerprint density at radius 2 is 1.91 bits per heavy atom. The Balaban J connectivity index is 1.48. The van der Waals surface area contributed by atoms with Crippen molar-refractivity contribution in [2.24, 2.45) is 13.0 Å². The first kappa shape index (κ1) is 23.7. The quantitative estimate of drug-likeness (QED) is 0.619. The number of nitrogens with zero attached hydrogens (tertiary/aromatic N) is 5. The lowest BCUT2D eigenvalue weighted by Crippen LogP contribution is -2.41. The fourth-order valence-electron chi connectivity index (χ4n) is 4.04. The Kier molecular flexibility index (Phi) is 6.26. The predicted octanol–water partition coefficient (Wildman–Crippen LogP) is 2.85. The van der Waals surface area contributed by atoms with Crippen molar-refractivity contribution in [2.45, 2.75) is 71.7 Å². The highest BCUT2D eigenvalue weighted by atomic mass is 16.7. The molecule has 1 saturated carbocycles. The van der Waals surface area contributed by atoms with Gasteiger partial charge in [-0.05, 0) is 59.4 Å². The van der Waals surface area contributed by atoms with Crippen molar-refractivity contribution in [2.75, 3.05) is 13.6 Å². The largest absolute Gasteiger partial charge is 0.496 e. The minimum Gasteiger partial charge on any atom is -0.443 e. The van der Waals surface area contributed by atoms with Crippen molar-refractivity contribution in [3.63, 3.8) is 0 Å². The summed E-state index contributed by atoms with van der Waals surface area (Å²) in [5, 5.41) is 8.40. The molecule has 0 unspecified atom stereocenters. The van der Waals surface area contributed by atoms with Gasteiger partial charge >= 0.3 is 13.2 Å². The second kappa shape index (κ2) is 8.72. The van der Waals surface area contributed by atoms with Gasteiger partial charge in [-0.25, -0.2) is 9.48 Å². The minimum atomic E-state index is -0.481. The molecule has 178 valence electrons. The zero-order valence-electron chi connectivity index (χ0n) is 20.7. The van der Waals surface area contributed by atoms with Crippen molar-refractivity contribution in [1.29, 1.82) is 0 Å². The van der Waals surface area contributed by atoms with Crippen LogP contribution in [0.3, 0.4) is 0 Å². The van der Waals surface area contributed by atoms with Crippen LogP contribution in [0.4, 0.5) is 4.79 Å². The van der Waals surface area contributed by atoms with Gasteiger partial charge in [0.05, 0.1) is 16.9 Å². The van der Waals surface area contributed by atoms with E-state index < -0.39 is 18.3 Å². The number of rotatable bonds is 6. The summed E-state index contributed by atoms with van der Waals surface area (Å²) in [6, 6.07) is 3.84. The summed E-state index contributed by atoms with van der Waals surface area (Å²) >= 11 is 0. The van der Waals surface area contributed by atoms with Crippen LogP contribution in [0.15, 0.2) is 12.1 Å². The zero-order valence-corrected chi connectivity index (χ0v) is 20.7. The van der Waals surface area contributed by atoms with Crippen LogP contribution in [0.5, 0.6) is 0 Å². The summed E-state index contributed by atoms with van der Waals surface area (Å²) in [4.78, 5) is 18.8. The Bertz CT molecular complexity index is 1020. The molecule has 0 radical (unpaired) electrons. The third-order valence-electron chi connectivity index (χ3n) is 7.22. The average Bonchev–Trinajstić information content (AvgIpc) is 3.17. The van der Waals surface area contributed by atoms with E-state index in [1.54, 1.807) is 23.7 Å². The number of aryl methyl sites for hydroxylation is 2. The standard InChI is InChI=1S/C23H34BN5O4/c1-15-17(24-32-22(2,3)23(4,5)33-24)11-12-18(25-15)20-19(29(7)27-26-20)14-31-21(30)28(6)13-16-9-8-10-16/h11-12,16H,8-10,13-14H2,1-7H3. The molecule has 1 saturated heterocycles. The second-order valence-electron chi connectivity index (χ2n) is 10.2. The summed E-state index contributed by atoms with van der Waals surface area (Å²) < 4.78 is 19.5. The van der Waals surface area contributed by atoms with E-state index >= 15 is 0 Å². The third-order valence-corrected chi connectivity index (χ3v) is 7.22. The lowest BCUT2D eigenvalue weighted by atomic mass is 9.78. The number of carbonyl (C=O) groups excluding carboxylic acids is 1. The maximum absolute atomic E-state index is 12.4. The smallest absolute Gasteiger partial charge is 0.443 e. The molecule has 1 aliphatic carbocycles. The molecule has 3 heterocycles. The molecule has 4 rings (SSSR count). The van der Waals surface area contributed by atoms with Gasteiger partial charge in [-0.15, -0.1) is 5.10 Å². The van der Waals surface area contributed by atoms with Crippen molar-refractivity contribution in [1.82, 2.24) is 24.9 Å². The summed E-state index contributed by atoms with van der Waals surface area (Å²) in [6.07, 6.45) is 3.27. The minimum absolute atomic E-state index is 0.0758. The van der Waals surface area contributed by atoms with Crippen LogP contribution in [-0.4, -0.2) is 62.9 Å². The fraction of sp³-hybridized carbons (Fsp3) is 0.652. The van der Waals surface area contributed by atoms with E-state index in [1.807, 2.05) is 46.8 Å². The number of carbonyl (C=O) groups is 1. The van der Waals surface area contributed by atoms with Gasteiger partial charge in [0.1, 0.15) is 18.0 Å². The van der Waals surface area contributed by atoms with E-state index in [0.717, 1.165) is 17.7 Å². The van der Waals surface area contributed by atoms with Gasteiger partial charge in [0.2, 0.25) is 0 Å². The van der Waals surface area contributed by atoms with Crippen LogP contribution in [-0.2, 0) is 27.7 Å². The summed E-state index contributed by atoms with van der Waals surface area (Å²) in [5.74, 6) is 0.589. The predicted molar refractivity (Wildman–Crippen MR) is 125 cm³/mol. The van der Waals surface area contributed by atoms with Gasteiger partial charge in [-0.1, -0.05) is 17.7 Å². The highest BCUT2D eigenvalue weighted by Crippen LogP contribution is 2.36. The number of ether oxygens (including phenoxy) is 1. The summed E-state index contributed by atoms with van der Waals surface area (Å²) in [6.45, 7) is 10.8. The molecular formula is C23H34BN5O4. The molecule has 2 aromatic heterocycles. The molecule has 2 fully saturated rings. The van der Waals surface area contributed by atoms with E-state index in [0.29, 0.717) is 23.0 Å². The topological polar surface area (TPSA) is 91.6 Å². The second-order valence-corrected chi connectivity index (χ2v) is 10.2. The summed E-state index contributed by atoms with van der Waals surface area (Å²) in [7, 11) is 3.08. The first-order valence-electron chi connectivity index (χ1n) is 11.6. The molecule has 33 heavy (non-hydrogen) atoms. The Morgan fingerprint density at radius 3 is 2.48 bits per heavy atom. The number of amides is 1. The van der Waals surface area contributed by atoms with E-state index in [1.165, 1.54) is 19.3 Å². The maximum Gasteiger partial charge on any atom is 0.496 e. The van der Waals surface area contributed by atoms with E-state index in [-0.39, 0.29) is 12.7 Å². The van der Waals surface area contributed by atoms with Gasteiger partial charge in [0.15, 0.2) is 0 Å². The summed E-state index contributed by atoms with van der Waals surface area (Å²) in [5.41, 5.74) is 2.78. The van der Waals surface area contributed by atoms with Crippen molar-refractivity contribution >= 4 is 18.7 Å². The Hall–Kier alpha value is -2.46. The molecule has 2 aliphatic rings. The highest BCUT2D eigenvalue weighted by molar-refractivity contribution is 6.62. The first-order chi connectivity index (χ1) is 15.5. The van der Waals surface area contributed by atoms with Gasteiger partial charge in [0, 0.05) is 31.8 Å². The maximum atomic E-state index is 12.4. The number of pyridine rings is 1. The fourth-order valence-corrected chi connectivity index (χ4v) is 4.04. The third kappa shape index (κ3) is 4.63. The average molecular weight is 455 g/mol. The van der Waals surface area contributed by atoms with Gasteiger partial charge in [0.25, 0.3) is 0 Å². The molecule has 0 N–H and O–H groups in total. The zero-order chi connectivity index (χ0) is 24.0. The lowest BCUT2D eigenvalue weighted by molar-refractivity contribution is 0.00578. The Morgan fingerprint density at radius 1 is 1.24 bits per heavy atom. The molecular weight excluding hydrogens is 421 g/mol. The first-order valence-corrected chi connectivity index (χ1v) is 11.6. The van der Waals surface area contributed by atoms with Crippen molar-refractivity contribution < 1.29 is 18.8 Å². The molecule has 0 atom stereocenters. The molecule has 9 nitrogen and oxygen atoms in total. The van der Waals surface area contributed by atoms with Crippen LogP contribution in [0.2, 0.25) is 0 Å². The number of hydrogen-bond donors (Lipinski definition) is 0. The monoisotopic (exact) mass is 455 g/mol. The van der Waals surface area contributed by atoms with E-state index in [2.05, 4.69) is 10.3 Å². The van der Waals surface area contributed by atoms with E-state index in [9.17, 15) is 4.79 Å². The highest BCUT2D eigenvalue weighted by Gasteiger charge is 2.52. The molecule has 0 aromatic carbocycles. The van der Waals surface area contributed by atoms with Gasteiger partial charge in [-0.3, -0.25) is 4.98 Å². The van der Waals surface area contributed by atoms with Crippen LogP contribution < -0.4 is 5.46 Å². The lowest BCUT2D eigenvalue weighted by Gasteiger charge is -2.32. The Labute approximate surface area is 195 Å². The van der Waals surface area contributed by atoms with E-state index in [4.69, 9.17) is 19.0 Å². The van der Waals surface area contributed by atoms with Gasteiger partial charge < -0.3 is 18.9 Å². The molecule has 1 aliphatic heterocycles. The molecule has 2 aromatic rings. The van der Waals surface area contributed by atoms with Gasteiger partial charge in [-0.2, -0.15) is 0 Å². The molecule has 1 amide bonds. The number of aromatic nitrogens is 4. The van der Waals surface area contributed by atoms with Crippen molar-refractivity contribution in [3.8, 4) is 11.4 Å². The van der Waals surface area contributed by atoms with Crippen LogP contribution in [0, 0.1) is 12.8 Å². The molecule has 0 bridgehead atoms. The number of hydrogen-bond acceptors (Lipinski definition) is 7. The molecule has 10 heteroatoms. The van der Waals surface area contributed by atoms with Crippen LogP contribution >= 0.6 is 0 Å². The SMILES string of the molecule is Cc1nc(-c2nnn(C)c2COC(=O)N(C)CC2CCC2)ccc1B1OC(C)(C)C(C)(C)O1. The van der Waals surface area contributed by atoms with Crippen LogP contribution in [0.1, 0.15) is 58.3 Å². The van der Waals surface area contributed by atoms with Crippen LogP contribution in [0.25, 0.3) is 11.4 Å². The normalized spacial score (nSPS) is 19.4.